The second kappa shape index (κ2) is 8.74. The summed E-state index contributed by atoms with van der Waals surface area (Å²) in [7, 11) is 0. The van der Waals surface area contributed by atoms with Gasteiger partial charge in [0.25, 0.3) is 0 Å². The van der Waals surface area contributed by atoms with Crippen molar-refractivity contribution in [3.8, 4) is 5.75 Å². The van der Waals surface area contributed by atoms with Crippen molar-refractivity contribution in [1.82, 2.24) is 0 Å². The average molecular weight is 327 g/mol. The third kappa shape index (κ3) is 7.19. The Bertz CT molecular complexity index is 467. The normalized spacial score (nSPS) is 10.7. The van der Waals surface area contributed by atoms with Crippen molar-refractivity contribution in [2.75, 3.05) is 18.5 Å². The predicted molar refractivity (Wildman–Crippen MR) is 76.9 cm³/mol. The third-order valence-corrected chi connectivity index (χ3v) is 2.56. The van der Waals surface area contributed by atoms with Crippen LogP contribution in [0.15, 0.2) is 18.2 Å². The van der Waals surface area contributed by atoms with Gasteiger partial charge in [-0.2, -0.15) is 13.2 Å². The van der Waals surface area contributed by atoms with Gasteiger partial charge in [0.2, 0.25) is 5.91 Å². The van der Waals surface area contributed by atoms with Gasteiger partial charge >= 0.3 is 6.18 Å². The topological polar surface area (TPSA) is 64.4 Å². The minimum Gasteiger partial charge on any atom is -0.484 e. The largest absolute Gasteiger partial charge is 0.484 e. The molecule has 0 saturated carbocycles. The summed E-state index contributed by atoms with van der Waals surface area (Å²) in [6.45, 7) is 0.629. The van der Waals surface area contributed by atoms with Crippen LogP contribution in [0.25, 0.3) is 0 Å². The fourth-order valence-corrected chi connectivity index (χ4v) is 1.54. The van der Waals surface area contributed by atoms with Crippen LogP contribution in [0.3, 0.4) is 0 Å². The van der Waals surface area contributed by atoms with Gasteiger partial charge in [0.05, 0.1) is 0 Å². The number of halogens is 4. The number of hydrogen-bond donors (Lipinski definition) is 2. The molecule has 0 saturated heterocycles. The molecule has 0 unspecified atom stereocenters. The second-order valence-electron chi connectivity index (χ2n) is 4.27. The number of amides is 1. The Hall–Kier alpha value is -1.47. The van der Waals surface area contributed by atoms with Gasteiger partial charge in [0.1, 0.15) is 5.75 Å². The Morgan fingerprint density at radius 1 is 1.38 bits per heavy atom. The lowest BCUT2D eigenvalue weighted by Crippen LogP contribution is -2.20. The molecule has 8 heteroatoms. The van der Waals surface area contributed by atoms with Crippen LogP contribution in [-0.2, 0) is 4.79 Å². The summed E-state index contributed by atoms with van der Waals surface area (Å²) < 4.78 is 41.1. The Morgan fingerprint density at radius 2 is 2.05 bits per heavy atom. The zero-order valence-electron chi connectivity index (χ0n) is 11.5. The van der Waals surface area contributed by atoms with Crippen LogP contribution < -0.4 is 15.8 Å². The number of nitrogens with two attached hydrogens (primary N) is 1. The van der Waals surface area contributed by atoms with Crippen molar-refractivity contribution in [2.45, 2.75) is 25.9 Å². The van der Waals surface area contributed by atoms with Crippen molar-refractivity contribution in [2.24, 2.45) is 5.73 Å². The van der Waals surface area contributed by atoms with E-state index in [4.69, 9.17) is 10.5 Å². The predicted octanol–water partition coefficient (Wildman–Crippen LogP) is 3.04. The van der Waals surface area contributed by atoms with Gasteiger partial charge in [0.15, 0.2) is 6.61 Å². The molecule has 1 aromatic rings. The monoisotopic (exact) mass is 326 g/mol. The molecule has 21 heavy (non-hydrogen) atoms. The van der Waals surface area contributed by atoms with Crippen molar-refractivity contribution < 1.29 is 22.7 Å². The summed E-state index contributed by atoms with van der Waals surface area (Å²) in [5.41, 5.74) is 6.19. The second-order valence-corrected chi connectivity index (χ2v) is 4.27. The Balaban J connectivity index is 0.00000400. The van der Waals surface area contributed by atoms with E-state index in [9.17, 15) is 18.0 Å². The molecule has 0 aliphatic rings. The lowest BCUT2D eigenvalue weighted by Gasteiger charge is -2.14. The lowest BCUT2D eigenvalue weighted by atomic mass is 10.1. The molecular formula is C13H18ClF3N2O2. The number of nitrogens with one attached hydrogen (secondary N) is 1. The maximum Gasteiger partial charge on any atom is 0.422 e. The summed E-state index contributed by atoms with van der Waals surface area (Å²) in [6, 6.07) is 4.56. The van der Waals surface area contributed by atoms with Crippen LogP contribution >= 0.6 is 12.4 Å². The van der Waals surface area contributed by atoms with Crippen LogP contribution in [0, 0.1) is 6.92 Å². The van der Waals surface area contributed by atoms with E-state index in [0.717, 1.165) is 0 Å². The van der Waals surface area contributed by atoms with E-state index in [1.54, 1.807) is 13.0 Å². The van der Waals surface area contributed by atoms with E-state index in [1.165, 1.54) is 12.1 Å². The van der Waals surface area contributed by atoms with Gasteiger partial charge in [-0.3, -0.25) is 4.79 Å². The Labute approximate surface area is 127 Å². The molecule has 0 fully saturated rings. The van der Waals surface area contributed by atoms with Crippen LogP contribution in [0.1, 0.15) is 18.4 Å². The number of rotatable bonds is 6. The van der Waals surface area contributed by atoms with Gasteiger partial charge in [-0.15, -0.1) is 12.4 Å². The van der Waals surface area contributed by atoms with Crippen LogP contribution in [0.2, 0.25) is 0 Å². The third-order valence-electron chi connectivity index (χ3n) is 2.56. The van der Waals surface area contributed by atoms with Crippen molar-refractivity contribution >= 4 is 24.0 Å². The first-order valence-corrected chi connectivity index (χ1v) is 6.12. The first-order chi connectivity index (χ1) is 9.33. The number of alkyl halides is 3. The number of hydrogen-bond acceptors (Lipinski definition) is 3. The van der Waals surface area contributed by atoms with Gasteiger partial charge in [-0.1, -0.05) is 6.07 Å². The van der Waals surface area contributed by atoms with Crippen LogP contribution in [-0.4, -0.2) is 25.2 Å². The number of anilines is 1. The van der Waals surface area contributed by atoms with Gasteiger partial charge < -0.3 is 15.8 Å². The molecule has 4 nitrogen and oxygen atoms in total. The fraction of sp³-hybridized carbons (Fsp3) is 0.462. The summed E-state index contributed by atoms with van der Waals surface area (Å²) in [5, 5.41) is 2.63. The molecule has 3 N–H and O–H groups in total. The zero-order chi connectivity index (χ0) is 15.2. The molecule has 0 radical (unpaired) electrons. The van der Waals surface area contributed by atoms with E-state index in [0.29, 0.717) is 24.2 Å². The molecule has 0 aromatic heterocycles. The Morgan fingerprint density at radius 3 is 2.62 bits per heavy atom. The molecule has 0 atom stereocenters. The highest BCUT2D eigenvalue weighted by Gasteiger charge is 2.28. The molecule has 1 rings (SSSR count). The van der Waals surface area contributed by atoms with E-state index >= 15 is 0 Å². The van der Waals surface area contributed by atoms with Gasteiger partial charge in [-0.05, 0) is 32.0 Å². The SMILES string of the molecule is Cc1c(NC(=O)CCCN)cccc1OCC(F)(F)F.Cl. The standard InChI is InChI=1S/C13H17F3N2O2.ClH/c1-9-10(18-12(19)6-3-7-17)4-2-5-11(9)20-8-13(14,15)16;/h2,4-5H,3,6-8,17H2,1H3,(H,18,19);1H. The minimum absolute atomic E-state index is 0. The van der Waals surface area contributed by atoms with Crippen LogP contribution in [0.4, 0.5) is 18.9 Å². The number of ether oxygens (including phenoxy) is 1. The highest BCUT2D eigenvalue weighted by molar-refractivity contribution is 5.91. The quantitative estimate of drug-likeness (QED) is 0.844. The first-order valence-electron chi connectivity index (χ1n) is 6.12. The molecule has 1 amide bonds. The maximum absolute atomic E-state index is 12.1. The molecule has 120 valence electrons. The molecule has 0 spiro atoms. The molecule has 0 bridgehead atoms. The van der Waals surface area contributed by atoms with Crippen molar-refractivity contribution in [3.05, 3.63) is 23.8 Å². The molecular weight excluding hydrogens is 309 g/mol. The molecule has 0 aliphatic carbocycles. The smallest absolute Gasteiger partial charge is 0.422 e. The van der Waals surface area contributed by atoms with Gasteiger partial charge in [-0.25, -0.2) is 0 Å². The average Bonchev–Trinajstić information content (AvgIpc) is 2.36. The maximum atomic E-state index is 12.1. The van der Waals surface area contributed by atoms with E-state index in [2.05, 4.69) is 5.32 Å². The summed E-state index contributed by atoms with van der Waals surface area (Å²) in [5.74, 6) is -0.134. The van der Waals surface area contributed by atoms with Crippen LogP contribution in [0.5, 0.6) is 5.75 Å². The van der Waals surface area contributed by atoms with E-state index < -0.39 is 12.8 Å². The molecule has 1 aromatic carbocycles. The molecule has 0 heterocycles. The summed E-state index contributed by atoms with van der Waals surface area (Å²) >= 11 is 0. The first kappa shape index (κ1) is 19.5. The highest BCUT2D eigenvalue weighted by Crippen LogP contribution is 2.27. The summed E-state index contributed by atoms with van der Waals surface area (Å²) in [4.78, 5) is 11.6. The number of carbonyl (C=O) groups is 1. The fourth-order valence-electron chi connectivity index (χ4n) is 1.54. The van der Waals surface area contributed by atoms with Crippen molar-refractivity contribution in [3.63, 3.8) is 0 Å². The Kier molecular flexibility index (Phi) is 8.12. The minimum atomic E-state index is -4.40. The number of benzene rings is 1. The lowest BCUT2D eigenvalue weighted by molar-refractivity contribution is -0.153. The van der Waals surface area contributed by atoms with Crippen molar-refractivity contribution in [1.29, 1.82) is 0 Å². The van der Waals surface area contributed by atoms with E-state index in [1.807, 2.05) is 0 Å². The summed E-state index contributed by atoms with van der Waals surface area (Å²) in [6.07, 6.45) is -3.58. The van der Waals surface area contributed by atoms with Gasteiger partial charge in [0, 0.05) is 17.7 Å². The highest BCUT2D eigenvalue weighted by atomic mass is 35.5. The molecule has 0 aliphatic heterocycles. The number of carbonyl (C=O) groups excluding carboxylic acids is 1. The zero-order valence-corrected chi connectivity index (χ0v) is 12.3. The van der Waals surface area contributed by atoms with E-state index in [-0.39, 0.29) is 30.5 Å².